The summed E-state index contributed by atoms with van der Waals surface area (Å²) in [5, 5.41) is 11.7. The molecule has 1 aromatic rings. The van der Waals surface area contributed by atoms with Gasteiger partial charge in [-0.3, -0.25) is 10.3 Å². The highest BCUT2D eigenvalue weighted by Gasteiger charge is 2.45. The number of anilines is 1. The molecule has 2 unspecified atom stereocenters. The van der Waals surface area contributed by atoms with Crippen LogP contribution in [0.4, 0.5) is 10.5 Å². The van der Waals surface area contributed by atoms with Crippen LogP contribution >= 0.6 is 0 Å². The summed E-state index contributed by atoms with van der Waals surface area (Å²) >= 11 is 0. The maximum atomic E-state index is 12.3. The van der Waals surface area contributed by atoms with Gasteiger partial charge in [-0.05, 0) is 6.07 Å². The van der Waals surface area contributed by atoms with Crippen molar-refractivity contribution in [2.45, 2.75) is 18.6 Å². The van der Waals surface area contributed by atoms with Crippen LogP contribution in [0.5, 0.6) is 0 Å². The summed E-state index contributed by atoms with van der Waals surface area (Å²) < 4.78 is 0. The summed E-state index contributed by atoms with van der Waals surface area (Å²) in [4.78, 5) is 28.9. The molecule has 2 aliphatic rings. The molecule has 0 radical (unpaired) electrons. The molecule has 3 rings (SSSR count). The predicted molar refractivity (Wildman–Crippen MR) is 74.1 cm³/mol. The highest BCUT2D eigenvalue weighted by Crippen LogP contribution is 2.39. The molecule has 2 atom stereocenters. The summed E-state index contributed by atoms with van der Waals surface area (Å²) in [5.74, 6) is -1.12. The smallest absolute Gasteiger partial charge is 0.363 e. The summed E-state index contributed by atoms with van der Waals surface area (Å²) in [5.41, 5.74) is 4.72. The van der Waals surface area contributed by atoms with Crippen molar-refractivity contribution in [1.29, 1.82) is 0 Å². The number of fused-ring (bicyclic) bond motifs is 4. The second-order valence-corrected chi connectivity index (χ2v) is 4.89. The Bertz CT molecular complexity index is 604. The number of rotatable bonds is 5. The lowest BCUT2D eigenvalue weighted by Gasteiger charge is -2.27. The van der Waals surface area contributed by atoms with Gasteiger partial charge < -0.3 is 5.11 Å². The van der Waals surface area contributed by atoms with Gasteiger partial charge in [-0.2, -0.15) is 5.06 Å². The van der Waals surface area contributed by atoms with E-state index >= 15 is 0 Å². The van der Waals surface area contributed by atoms with Crippen LogP contribution in [0, 0.1) is 0 Å². The topological polar surface area (TPSA) is 82.1 Å². The lowest BCUT2D eigenvalue weighted by molar-refractivity contribution is -0.193. The Labute approximate surface area is 121 Å². The number of urea groups is 1. The molecule has 0 aliphatic carbocycles. The van der Waals surface area contributed by atoms with Gasteiger partial charge in [-0.25, -0.2) is 14.6 Å². The highest BCUT2D eigenvalue weighted by molar-refractivity contribution is 5.81. The van der Waals surface area contributed by atoms with Gasteiger partial charge >= 0.3 is 12.0 Å². The molecule has 1 saturated heterocycles. The second kappa shape index (κ2) is 5.10. The monoisotopic (exact) mass is 289 g/mol. The molecule has 0 spiro atoms. The summed E-state index contributed by atoms with van der Waals surface area (Å²) in [6.45, 7) is 3.92. The van der Waals surface area contributed by atoms with Gasteiger partial charge in [-0.1, -0.05) is 24.3 Å². The van der Waals surface area contributed by atoms with Gasteiger partial charge in [0.15, 0.2) is 6.10 Å². The second-order valence-electron chi connectivity index (χ2n) is 4.89. The molecule has 0 saturated carbocycles. The number of aliphatic carboxylic acids is 1. The Morgan fingerprint density at radius 1 is 1.57 bits per heavy atom. The molecule has 1 aromatic carbocycles. The van der Waals surface area contributed by atoms with E-state index in [1.165, 1.54) is 11.1 Å². The third-order valence-corrected chi connectivity index (χ3v) is 3.53. The van der Waals surface area contributed by atoms with Gasteiger partial charge in [0.05, 0.1) is 12.2 Å². The number of carbonyl (C=O) groups is 2. The minimum Gasteiger partial charge on any atom is -0.479 e. The molecule has 2 bridgehead atoms. The van der Waals surface area contributed by atoms with Crippen LogP contribution in [0.1, 0.15) is 18.0 Å². The molecule has 21 heavy (non-hydrogen) atoms. The van der Waals surface area contributed by atoms with Gasteiger partial charge in [-0.15, -0.1) is 6.58 Å². The molecule has 1 fully saturated rings. The van der Waals surface area contributed by atoms with E-state index in [9.17, 15) is 9.59 Å². The number of nitrogens with zero attached hydrogens (tertiary/aromatic N) is 2. The first-order valence-electron chi connectivity index (χ1n) is 6.58. The van der Waals surface area contributed by atoms with Crippen molar-refractivity contribution in [2.75, 3.05) is 12.0 Å². The van der Waals surface area contributed by atoms with Crippen molar-refractivity contribution >= 4 is 17.7 Å². The van der Waals surface area contributed by atoms with Crippen molar-refractivity contribution in [3.05, 3.63) is 42.5 Å². The van der Waals surface area contributed by atoms with Crippen molar-refractivity contribution in [2.24, 2.45) is 0 Å². The molecular formula is C14H15N3O4. The van der Waals surface area contributed by atoms with Crippen LogP contribution in [-0.4, -0.2) is 39.8 Å². The Morgan fingerprint density at radius 3 is 3.05 bits per heavy atom. The first-order chi connectivity index (χ1) is 10.1. The predicted octanol–water partition coefficient (Wildman–Crippen LogP) is 1.77. The first-order valence-corrected chi connectivity index (χ1v) is 6.58. The van der Waals surface area contributed by atoms with Crippen LogP contribution in [-0.2, 0) is 9.63 Å². The first kappa shape index (κ1) is 13.4. The molecule has 0 aromatic heterocycles. The lowest BCUT2D eigenvalue weighted by atomic mass is 10.0. The lowest BCUT2D eigenvalue weighted by Crippen LogP contribution is -2.38. The van der Waals surface area contributed by atoms with E-state index < -0.39 is 18.1 Å². The van der Waals surface area contributed by atoms with Crippen LogP contribution in [0.2, 0.25) is 0 Å². The standard InChI is InChI=1S/C14H15N3O4/c1-2-5-12(13(18)19)21-17-11-8-16(14(17)20)15-10-7-4-3-6-9(10)11/h2-4,6-7,11-12,15H,1,5,8H2,(H,18,19). The number of hydroxylamine groups is 2. The van der Waals surface area contributed by atoms with Gasteiger partial charge in [0.25, 0.3) is 0 Å². The number of benzene rings is 1. The normalized spacial score (nSPS) is 20.8. The Morgan fingerprint density at radius 2 is 2.33 bits per heavy atom. The van der Waals surface area contributed by atoms with Crippen molar-refractivity contribution < 1.29 is 19.5 Å². The zero-order valence-electron chi connectivity index (χ0n) is 11.2. The number of hydrazine groups is 1. The number of hydrogen-bond acceptors (Lipinski definition) is 4. The molecule has 2 N–H and O–H groups in total. The molecule has 110 valence electrons. The third-order valence-electron chi connectivity index (χ3n) is 3.53. The fraction of sp³-hybridized carbons (Fsp3) is 0.286. The minimum absolute atomic E-state index is 0.126. The zero-order chi connectivity index (χ0) is 15.0. The van der Waals surface area contributed by atoms with E-state index in [1.807, 2.05) is 24.3 Å². The average Bonchev–Trinajstić information content (AvgIpc) is 2.72. The fourth-order valence-corrected chi connectivity index (χ4v) is 2.53. The third kappa shape index (κ3) is 2.21. The molecular weight excluding hydrogens is 274 g/mol. The number of nitrogens with one attached hydrogen (secondary N) is 1. The number of hydrogen-bond donors (Lipinski definition) is 2. The van der Waals surface area contributed by atoms with Crippen molar-refractivity contribution in [1.82, 2.24) is 10.1 Å². The maximum absolute atomic E-state index is 12.3. The number of carboxylic acid groups (broad SMARTS) is 1. The Balaban J connectivity index is 1.88. The number of amides is 2. The SMILES string of the molecule is C=CCC(ON1C(=O)N2CC1c1ccccc1N2)C(=O)O. The summed E-state index contributed by atoms with van der Waals surface area (Å²) in [7, 11) is 0. The molecule has 7 heteroatoms. The molecule has 7 nitrogen and oxygen atoms in total. The molecule has 2 heterocycles. The number of para-hydroxylation sites is 1. The Hall–Kier alpha value is -2.54. The van der Waals surface area contributed by atoms with Crippen LogP contribution < -0.4 is 5.43 Å². The zero-order valence-corrected chi connectivity index (χ0v) is 11.2. The number of carboxylic acids is 1. The van der Waals surface area contributed by atoms with Crippen LogP contribution in [0.3, 0.4) is 0 Å². The summed E-state index contributed by atoms with van der Waals surface area (Å²) in [6.07, 6.45) is 0.456. The van der Waals surface area contributed by atoms with Crippen molar-refractivity contribution in [3.63, 3.8) is 0 Å². The Kier molecular flexibility index (Phi) is 3.26. The van der Waals surface area contributed by atoms with E-state index in [0.717, 1.165) is 16.3 Å². The fourth-order valence-electron chi connectivity index (χ4n) is 2.53. The van der Waals surface area contributed by atoms with Crippen LogP contribution in [0.15, 0.2) is 36.9 Å². The van der Waals surface area contributed by atoms with Gasteiger partial charge in [0.1, 0.15) is 6.04 Å². The minimum atomic E-state index is -1.13. The average molecular weight is 289 g/mol. The van der Waals surface area contributed by atoms with E-state index in [-0.39, 0.29) is 12.5 Å². The van der Waals surface area contributed by atoms with E-state index in [2.05, 4.69) is 12.0 Å². The largest absolute Gasteiger partial charge is 0.479 e. The van der Waals surface area contributed by atoms with E-state index in [4.69, 9.17) is 9.94 Å². The molecule has 2 amide bonds. The van der Waals surface area contributed by atoms with E-state index in [1.54, 1.807) is 0 Å². The summed E-state index contributed by atoms with van der Waals surface area (Å²) in [6, 6.07) is 6.78. The molecule has 2 aliphatic heterocycles. The maximum Gasteiger partial charge on any atom is 0.363 e. The highest BCUT2D eigenvalue weighted by atomic mass is 16.7. The number of carbonyl (C=O) groups excluding carboxylic acids is 1. The van der Waals surface area contributed by atoms with Gasteiger partial charge in [0, 0.05) is 12.0 Å². The van der Waals surface area contributed by atoms with Gasteiger partial charge in [0.2, 0.25) is 0 Å². The van der Waals surface area contributed by atoms with E-state index in [0.29, 0.717) is 6.54 Å². The van der Waals surface area contributed by atoms with Crippen LogP contribution in [0.25, 0.3) is 0 Å². The quantitative estimate of drug-likeness (QED) is 0.807. The van der Waals surface area contributed by atoms with Crippen molar-refractivity contribution in [3.8, 4) is 0 Å².